The molecule has 24 heavy (non-hydrogen) atoms. The number of hydrogen-bond donors (Lipinski definition) is 1. The van der Waals surface area contributed by atoms with Gasteiger partial charge in [0.1, 0.15) is 0 Å². The van der Waals surface area contributed by atoms with Crippen molar-refractivity contribution in [3.05, 3.63) is 64.4 Å². The number of aryl methyl sites for hydroxylation is 2. The van der Waals surface area contributed by atoms with E-state index < -0.39 is 0 Å². The zero-order chi connectivity index (χ0) is 16.5. The summed E-state index contributed by atoms with van der Waals surface area (Å²) in [5.74, 6) is 0.0905. The molecule has 1 N–H and O–H groups in total. The lowest BCUT2D eigenvalue weighted by atomic mass is 10.00. The lowest BCUT2D eigenvalue weighted by Gasteiger charge is -2.20. The van der Waals surface area contributed by atoms with Crippen molar-refractivity contribution in [1.82, 2.24) is 20.2 Å². The SMILES string of the molecule is CN1C=Cc2cc(CCc3cc4c(cn3)CNC(=O)C4)ncc2C1. The first-order valence-corrected chi connectivity index (χ1v) is 8.27. The highest BCUT2D eigenvalue weighted by Gasteiger charge is 2.15. The number of fused-ring (bicyclic) bond motifs is 2. The van der Waals surface area contributed by atoms with Crippen molar-refractivity contribution in [3.8, 4) is 0 Å². The van der Waals surface area contributed by atoms with Crippen LogP contribution in [0.15, 0.2) is 30.7 Å². The van der Waals surface area contributed by atoms with E-state index in [9.17, 15) is 4.79 Å². The smallest absolute Gasteiger partial charge is 0.224 e. The van der Waals surface area contributed by atoms with Crippen molar-refractivity contribution >= 4 is 12.0 Å². The van der Waals surface area contributed by atoms with Crippen molar-refractivity contribution < 1.29 is 4.79 Å². The third kappa shape index (κ3) is 3.02. The highest BCUT2D eigenvalue weighted by atomic mass is 16.1. The molecule has 0 radical (unpaired) electrons. The van der Waals surface area contributed by atoms with Crippen molar-refractivity contribution in [1.29, 1.82) is 0 Å². The van der Waals surface area contributed by atoms with Crippen LogP contribution in [-0.2, 0) is 37.1 Å². The summed E-state index contributed by atoms with van der Waals surface area (Å²) in [6.07, 6.45) is 10.3. The van der Waals surface area contributed by atoms with E-state index in [1.54, 1.807) is 0 Å². The molecule has 5 heteroatoms. The van der Waals surface area contributed by atoms with Gasteiger partial charge < -0.3 is 10.2 Å². The van der Waals surface area contributed by atoms with Crippen LogP contribution in [0, 0.1) is 0 Å². The molecule has 1 amide bonds. The summed E-state index contributed by atoms with van der Waals surface area (Å²) in [7, 11) is 2.06. The predicted molar refractivity (Wildman–Crippen MR) is 91.9 cm³/mol. The third-order valence-corrected chi connectivity index (χ3v) is 4.61. The molecule has 2 aromatic rings. The Morgan fingerprint density at radius 1 is 1.08 bits per heavy atom. The van der Waals surface area contributed by atoms with Gasteiger partial charge in [-0.15, -0.1) is 0 Å². The average molecular weight is 320 g/mol. The Morgan fingerprint density at radius 3 is 2.67 bits per heavy atom. The maximum absolute atomic E-state index is 11.5. The Balaban J connectivity index is 1.47. The maximum atomic E-state index is 11.5. The molecule has 4 heterocycles. The van der Waals surface area contributed by atoms with Crippen molar-refractivity contribution in [2.45, 2.75) is 32.4 Å². The average Bonchev–Trinajstić information content (AvgIpc) is 2.59. The Labute approximate surface area is 141 Å². The third-order valence-electron chi connectivity index (χ3n) is 4.61. The van der Waals surface area contributed by atoms with E-state index >= 15 is 0 Å². The fraction of sp³-hybridized carbons (Fsp3) is 0.316. The number of amides is 1. The topological polar surface area (TPSA) is 58.1 Å². The van der Waals surface area contributed by atoms with E-state index in [1.807, 2.05) is 12.4 Å². The Bertz CT molecular complexity index is 828. The monoisotopic (exact) mass is 320 g/mol. The van der Waals surface area contributed by atoms with Crippen LogP contribution in [0.5, 0.6) is 0 Å². The first kappa shape index (κ1) is 14.9. The molecule has 0 saturated carbocycles. The second kappa shape index (κ2) is 6.07. The molecule has 0 saturated heterocycles. The highest BCUT2D eigenvalue weighted by molar-refractivity contribution is 5.80. The van der Waals surface area contributed by atoms with Gasteiger partial charge in [0.2, 0.25) is 5.91 Å². The molecule has 0 bridgehead atoms. The normalized spacial score (nSPS) is 15.7. The molecular weight excluding hydrogens is 300 g/mol. The summed E-state index contributed by atoms with van der Waals surface area (Å²) in [6.45, 7) is 1.50. The minimum Gasteiger partial charge on any atom is -0.376 e. The minimum atomic E-state index is 0.0905. The van der Waals surface area contributed by atoms with Crippen LogP contribution >= 0.6 is 0 Å². The zero-order valence-corrected chi connectivity index (χ0v) is 13.7. The lowest BCUT2D eigenvalue weighted by molar-refractivity contribution is -0.121. The van der Waals surface area contributed by atoms with Gasteiger partial charge in [0.05, 0.1) is 6.42 Å². The van der Waals surface area contributed by atoms with Crippen LogP contribution in [0.25, 0.3) is 6.08 Å². The standard InChI is InChI=1S/C19H20N4O/c1-23-5-4-13-6-17(21-11-16(13)12-23)2-3-18-7-14-8-19(24)22-10-15(14)9-20-18/h4-7,9,11H,2-3,8,10,12H2,1H3,(H,22,24). The van der Waals surface area contributed by atoms with Crippen molar-refractivity contribution in [3.63, 3.8) is 0 Å². The first-order chi connectivity index (χ1) is 11.7. The van der Waals surface area contributed by atoms with E-state index in [1.165, 1.54) is 11.1 Å². The second-order valence-electron chi connectivity index (χ2n) is 6.50. The number of nitrogens with one attached hydrogen (secondary N) is 1. The summed E-state index contributed by atoms with van der Waals surface area (Å²) < 4.78 is 0. The number of rotatable bonds is 3. The molecule has 0 atom stereocenters. The first-order valence-electron chi connectivity index (χ1n) is 8.27. The summed E-state index contributed by atoms with van der Waals surface area (Å²) in [6, 6.07) is 4.24. The number of nitrogens with zero attached hydrogens (tertiary/aromatic N) is 3. The number of aromatic nitrogens is 2. The van der Waals surface area contributed by atoms with Gasteiger partial charge >= 0.3 is 0 Å². The van der Waals surface area contributed by atoms with Crippen LogP contribution in [0.3, 0.4) is 0 Å². The maximum Gasteiger partial charge on any atom is 0.224 e. The van der Waals surface area contributed by atoms with Gasteiger partial charge in [0.25, 0.3) is 0 Å². The van der Waals surface area contributed by atoms with Crippen LogP contribution in [0.2, 0.25) is 0 Å². The molecule has 5 nitrogen and oxygen atoms in total. The van der Waals surface area contributed by atoms with Crippen LogP contribution < -0.4 is 5.32 Å². The van der Waals surface area contributed by atoms with E-state index in [2.05, 4.69) is 51.6 Å². The molecule has 0 fully saturated rings. The molecular formula is C19H20N4O. The highest BCUT2D eigenvalue weighted by Crippen LogP contribution is 2.20. The fourth-order valence-corrected chi connectivity index (χ4v) is 3.22. The molecule has 4 rings (SSSR count). The largest absolute Gasteiger partial charge is 0.376 e. The molecule has 2 aliphatic rings. The van der Waals surface area contributed by atoms with Crippen molar-refractivity contribution in [2.24, 2.45) is 0 Å². The van der Waals surface area contributed by atoms with E-state index in [0.29, 0.717) is 13.0 Å². The van der Waals surface area contributed by atoms with Gasteiger partial charge in [-0.1, -0.05) is 0 Å². The molecule has 0 spiro atoms. The van der Waals surface area contributed by atoms with Crippen molar-refractivity contribution in [2.75, 3.05) is 7.05 Å². The van der Waals surface area contributed by atoms with Gasteiger partial charge in [-0.2, -0.15) is 0 Å². The van der Waals surface area contributed by atoms with Crippen LogP contribution in [0.1, 0.15) is 33.6 Å². The zero-order valence-electron chi connectivity index (χ0n) is 13.7. The van der Waals surface area contributed by atoms with Crippen LogP contribution in [0.4, 0.5) is 0 Å². The molecule has 0 aromatic carbocycles. The fourth-order valence-electron chi connectivity index (χ4n) is 3.22. The van der Waals surface area contributed by atoms with Gasteiger partial charge in [0, 0.05) is 43.9 Å². The number of pyridine rings is 2. The number of carbonyl (C=O) groups excluding carboxylic acids is 1. The minimum absolute atomic E-state index is 0.0905. The molecule has 2 aliphatic heterocycles. The van der Waals surface area contributed by atoms with Gasteiger partial charge in [-0.05, 0) is 59.5 Å². The van der Waals surface area contributed by atoms with Gasteiger partial charge in [0.15, 0.2) is 0 Å². The molecule has 2 aromatic heterocycles. The number of hydrogen-bond acceptors (Lipinski definition) is 4. The molecule has 0 aliphatic carbocycles. The predicted octanol–water partition coefficient (Wildman–Crippen LogP) is 1.85. The Kier molecular flexibility index (Phi) is 3.76. The Hall–Kier alpha value is -2.69. The van der Waals surface area contributed by atoms with Crippen LogP contribution in [-0.4, -0.2) is 27.8 Å². The molecule has 0 unspecified atom stereocenters. The summed E-state index contributed by atoms with van der Waals surface area (Å²) in [5.41, 5.74) is 6.86. The Morgan fingerprint density at radius 2 is 1.83 bits per heavy atom. The van der Waals surface area contributed by atoms with E-state index in [-0.39, 0.29) is 5.91 Å². The van der Waals surface area contributed by atoms with Gasteiger partial charge in [-0.25, -0.2) is 0 Å². The van der Waals surface area contributed by atoms with E-state index in [0.717, 1.165) is 41.9 Å². The molecule has 122 valence electrons. The summed E-state index contributed by atoms with van der Waals surface area (Å²) >= 11 is 0. The summed E-state index contributed by atoms with van der Waals surface area (Å²) in [4.78, 5) is 22.8. The van der Waals surface area contributed by atoms with E-state index in [4.69, 9.17) is 0 Å². The lowest BCUT2D eigenvalue weighted by Crippen LogP contribution is -2.30. The summed E-state index contributed by atoms with van der Waals surface area (Å²) in [5, 5.41) is 2.85. The second-order valence-corrected chi connectivity index (χ2v) is 6.50. The quantitative estimate of drug-likeness (QED) is 0.938. The van der Waals surface area contributed by atoms with Gasteiger partial charge in [-0.3, -0.25) is 14.8 Å². The number of carbonyl (C=O) groups is 1.